The summed E-state index contributed by atoms with van der Waals surface area (Å²) in [6, 6.07) is 3.74. The van der Waals surface area contributed by atoms with Gasteiger partial charge in [0.15, 0.2) is 0 Å². The van der Waals surface area contributed by atoms with Gasteiger partial charge in [-0.15, -0.1) is 0 Å². The van der Waals surface area contributed by atoms with E-state index in [2.05, 4.69) is 4.74 Å². The Balaban J connectivity index is 2.61. The van der Waals surface area contributed by atoms with E-state index in [0.29, 0.717) is 24.3 Å². The van der Waals surface area contributed by atoms with Crippen molar-refractivity contribution in [3.8, 4) is 11.5 Å². The van der Waals surface area contributed by atoms with Gasteiger partial charge in [-0.3, -0.25) is 0 Å². The average Bonchev–Trinajstić information content (AvgIpc) is 2.46. The molecule has 0 unspecified atom stereocenters. The molecule has 0 aliphatic heterocycles. The van der Waals surface area contributed by atoms with Crippen molar-refractivity contribution >= 4 is 5.69 Å². The molecular weight excluding hydrogens is 381 g/mol. The molecule has 26 heavy (non-hydrogen) atoms. The topological polar surface area (TPSA) is 35.2 Å². The van der Waals surface area contributed by atoms with Crippen LogP contribution in [-0.4, -0.2) is 0 Å². The molecule has 2 N–H and O–H groups in total. The van der Waals surface area contributed by atoms with Crippen LogP contribution < -0.4 is 10.5 Å². The van der Waals surface area contributed by atoms with Gasteiger partial charge in [0, 0.05) is 5.69 Å². The fourth-order valence-electron chi connectivity index (χ4n) is 2.13. The van der Waals surface area contributed by atoms with E-state index in [4.69, 9.17) is 5.73 Å². The van der Waals surface area contributed by atoms with Crippen LogP contribution in [0.25, 0.3) is 0 Å². The van der Waals surface area contributed by atoms with Crippen molar-refractivity contribution in [2.45, 2.75) is 18.5 Å². The molecule has 0 spiro atoms. The number of hydrogen-bond acceptors (Lipinski definition) is 2. The van der Waals surface area contributed by atoms with Gasteiger partial charge in [0.2, 0.25) is 0 Å². The minimum Gasteiger partial charge on any atom is -0.457 e. The highest BCUT2D eigenvalue weighted by Gasteiger charge is 2.47. The second-order valence-electron chi connectivity index (χ2n) is 5.03. The van der Waals surface area contributed by atoms with E-state index in [1.54, 1.807) is 0 Å². The van der Waals surface area contributed by atoms with Crippen LogP contribution in [0.2, 0.25) is 0 Å². The van der Waals surface area contributed by atoms with E-state index in [0.717, 1.165) is 12.1 Å². The van der Waals surface area contributed by atoms with Crippen LogP contribution in [-0.2, 0) is 18.5 Å². The zero-order valence-corrected chi connectivity index (χ0v) is 12.4. The van der Waals surface area contributed by atoms with Gasteiger partial charge in [-0.2, -0.15) is 39.5 Å². The molecule has 0 amide bonds. The molecule has 0 heterocycles. The Kier molecular flexibility index (Phi) is 4.77. The van der Waals surface area contributed by atoms with E-state index >= 15 is 0 Å². The number of benzene rings is 2. The highest BCUT2D eigenvalue weighted by molar-refractivity contribution is 5.59. The van der Waals surface area contributed by atoms with E-state index in [1.165, 1.54) is 0 Å². The van der Waals surface area contributed by atoms with Gasteiger partial charge in [-0.05, 0) is 30.3 Å². The van der Waals surface area contributed by atoms with Gasteiger partial charge in [0.25, 0.3) is 0 Å². The predicted octanol–water partition coefficient (Wildman–Crippen LogP) is 6.12. The predicted molar refractivity (Wildman–Crippen MR) is 72.4 cm³/mol. The van der Waals surface area contributed by atoms with Crippen molar-refractivity contribution < 1.29 is 44.3 Å². The first-order chi connectivity index (χ1) is 11.7. The van der Waals surface area contributed by atoms with Gasteiger partial charge in [0.05, 0.1) is 11.1 Å². The number of anilines is 1. The summed E-state index contributed by atoms with van der Waals surface area (Å²) in [6.45, 7) is 0. The van der Waals surface area contributed by atoms with Gasteiger partial charge < -0.3 is 10.5 Å². The molecule has 0 aromatic heterocycles. The normalized spacial score (nSPS) is 13.0. The number of halogens is 9. The second kappa shape index (κ2) is 6.29. The summed E-state index contributed by atoms with van der Waals surface area (Å²) in [5, 5.41) is 0. The van der Waals surface area contributed by atoms with E-state index < -0.39 is 52.4 Å². The summed E-state index contributed by atoms with van der Waals surface area (Å²) >= 11 is 0. The first-order valence-electron chi connectivity index (χ1n) is 6.63. The molecular formula is C15H8F9NO. The summed E-state index contributed by atoms with van der Waals surface area (Å²) in [4.78, 5) is 0. The van der Waals surface area contributed by atoms with E-state index in [-0.39, 0.29) is 0 Å². The van der Waals surface area contributed by atoms with Crippen molar-refractivity contribution in [2.75, 3.05) is 5.73 Å². The Labute approximate surface area is 140 Å². The van der Waals surface area contributed by atoms with E-state index in [9.17, 15) is 39.5 Å². The lowest BCUT2D eigenvalue weighted by molar-refractivity contribution is -0.162. The van der Waals surface area contributed by atoms with Crippen molar-refractivity contribution in [3.63, 3.8) is 0 Å². The fraction of sp³-hybridized carbons (Fsp3) is 0.200. The zero-order chi connectivity index (χ0) is 19.9. The Morgan fingerprint density at radius 1 is 0.692 bits per heavy atom. The molecule has 0 atom stereocenters. The zero-order valence-electron chi connectivity index (χ0n) is 12.4. The maximum atomic E-state index is 13.2. The molecule has 2 nitrogen and oxygen atoms in total. The van der Waals surface area contributed by atoms with Crippen molar-refractivity contribution in [1.82, 2.24) is 0 Å². The van der Waals surface area contributed by atoms with Gasteiger partial charge >= 0.3 is 18.5 Å². The number of rotatable bonds is 2. The van der Waals surface area contributed by atoms with Gasteiger partial charge in [-0.1, -0.05) is 6.07 Å². The molecule has 11 heteroatoms. The summed E-state index contributed by atoms with van der Waals surface area (Å²) in [6.07, 6.45) is -15.8. The van der Waals surface area contributed by atoms with Crippen molar-refractivity contribution in [3.05, 3.63) is 53.1 Å². The Hall–Kier alpha value is -2.59. The lowest BCUT2D eigenvalue weighted by Crippen LogP contribution is -2.19. The molecule has 2 aromatic carbocycles. The highest BCUT2D eigenvalue weighted by atomic mass is 19.4. The molecule has 142 valence electrons. The third-order valence-electron chi connectivity index (χ3n) is 3.16. The number of alkyl halides is 9. The lowest BCUT2D eigenvalue weighted by Gasteiger charge is -2.21. The highest BCUT2D eigenvalue weighted by Crippen LogP contribution is 2.48. The molecule has 0 saturated heterocycles. The lowest BCUT2D eigenvalue weighted by atomic mass is 10.0. The number of ether oxygens (including phenoxy) is 1. The fourth-order valence-corrected chi connectivity index (χ4v) is 2.13. The van der Waals surface area contributed by atoms with Crippen LogP contribution >= 0.6 is 0 Å². The van der Waals surface area contributed by atoms with Gasteiger partial charge in [-0.25, -0.2) is 0 Å². The third-order valence-corrected chi connectivity index (χ3v) is 3.16. The Morgan fingerprint density at radius 2 is 1.27 bits per heavy atom. The van der Waals surface area contributed by atoms with Crippen LogP contribution in [0.3, 0.4) is 0 Å². The van der Waals surface area contributed by atoms with E-state index in [1.807, 2.05) is 0 Å². The molecule has 0 aliphatic rings. The molecule has 0 saturated carbocycles. The van der Waals surface area contributed by atoms with Crippen LogP contribution in [0.5, 0.6) is 11.5 Å². The number of nitrogens with two attached hydrogens (primary N) is 1. The molecule has 0 bridgehead atoms. The summed E-state index contributed by atoms with van der Waals surface area (Å²) < 4.78 is 121. The standard InChI is InChI=1S/C15H8F9NO/c16-13(17,18)7-2-1-3-8(6-7)26-10-5-4-9(25)11(14(19,20)21)12(10)15(22,23)24/h1-6H,25H2. The van der Waals surface area contributed by atoms with Crippen LogP contribution in [0.4, 0.5) is 45.2 Å². The van der Waals surface area contributed by atoms with Crippen molar-refractivity contribution in [2.24, 2.45) is 0 Å². The average molecular weight is 389 g/mol. The smallest absolute Gasteiger partial charge is 0.420 e. The monoisotopic (exact) mass is 389 g/mol. The second-order valence-corrected chi connectivity index (χ2v) is 5.03. The maximum absolute atomic E-state index is 13.2. The SMILES string of the molecule is Nc1ccc(Oc2cccc(C(F)(F)F)c2)c(C(F)(F)F)c1C(F)(F)F. The minimum absolute atomic E-state index is 0.365. The van der Waals surface area contributed by atoms with Crippen LogP contribution in [0.1, 0.15) is 16.7 Å². The molecule has 0 fully saturated rings. The number of nitrogen functional groups attached to an aromatic ring is 1. The maximum Gasteiger partial charge on any atom is 0.420 e. The Bertz CT molecular complexity index is 806. The minimum atomic E-state index is -5.52. The quantitative estimate of drug-likeness (QED) is 0.496. The Morgan fingerprint density at radius 3 is 1.77 bits per heavy atom. The molecule has 2 rings (SSSR count). The first kappa shape index (κ1) is 19.7. The molecule has 0 radical (unpaired) electrons. The summed E-state index contributed by atoms with van der Waals surface area (Å²) in [5.74, 6) is -2.04. The van der Waals surface area contributed by atoms with Crippen LogP contribution in [0, 0.1) is 0 Å². The van der Waals surface area contributed by atoms with Crippen molar-refractivity contribution in [1.29, 1.82) is 0 Å². The first-order valence-corrected chi connectivity index (χ1v) is 6.63. The summed E-state index contributed by atoms with van der Waals surface area (Å²) in [5.41, 5.74) is -1.80. The molecule has 2 aromatic rings. The van der Waals surface area contributed by atoms with Gasteiger partial charge in [0.1, 0.15) is 17.1 Å². The largest absolute Gasteiger partial charge is 0.457 e. The summed E-state index contributed by atoms with van der Waals surface area (Å²) in [7, 11) is 0. The van der Waals surface area contributed by atoms with Crippen LogP contribution in [0.15, 0.2) is 36.4 Å². The third kappa shape index (κ3) is 4.14. The molecule has 0 aliphatic carbocycles. The number of hydrogen-bond donors (Lipinski definition) is 1.